The van der Waals surface area contributed by atoms with Gasteiger partial charge in [0.15, 0.2) is 11.4 Å². The van der Waals surface area contributed by atoms with E-state index in [2.05, 4.69) is 15.0 Å². The molecule has 4 rings (SSSR count). The van der Waals surface area contributed by atoms with E-state index in [1.54, 1.807) is 19.7 Å². The molecule has 3 heterocycles. The van der Waals surface area contributed by atoms with E-state index >= 15 is 0 Å². The first-order valence-corrected chi connectivity index (χ1v) is 8.70. The predicted molar refractivity (Wildman–Crippen MR) is 101 cm³/mol. The standard InChI is InChI=1S/C20H20N4O3/c1-13(2)27-20-22-17(16-5-4-10-26-16)18-19(23-20)24(12-21-18)11-14-6-8-15(25-3)9-7-14/h4-10,12-13H,11H2,1-3H3. The Labute approximate surface area is 156 Å². The topological polar surface area (TPSA) is 75.2 Å². The van der Waals surface area contributed by atoms with Crippen molar-refractivity contribution >= 4 is 11.2 Å². The molecule has 3 aromatic heterocycles. The van der Waals surface area contributed by atoms with Crippen LogP contribution in [0.25, 0.3) is 22.6 Å². The summed E-state index contributed by atoms with van der Waals surface area (Å²) < 4.78 is 18.5. The lowest BCUT2D eigenvalue weighted by Gasteiger charge is -2.10. The Morgan fingerprint density at radius 2 is 1.93 bits per heavy atom. The summed E-state index contributed by atoms with van der Waals surface area (Å²) >= 11 is 0. The first kappa shape index (κ1) is 17.1. The number of imidazole rings is 1. The average Bonchev–Trinajstić information content (AvgIpc) is 3.32. The van der Waals surface area contributed by atoms with Gasteiger partial charge in [0.05, 0.1) is 32.3 Å². The van der Waals surface area contributed by atoms with Crippen molar-refractivity contribution in [3.05, 3.63) is 54.6 Å². The molecule has 4 aromatic rings. The lowest BCUT2D eigenvalue weighted by Crippen LogP contribution is -2.10. The molecule has 0 aliphatic carbocycles. The Morgan fingerprint density at radius 1 is 1.11 bits per heavy atom. The Morgan fingerprint density at radius 3 is 2.59 bits per heavy atom. The second-order valence-corrected chi connectivity index (χ2v) is 6.39. The summed E-state index contributed by atoms with van der Waals surface area (Å²) in [5.41, 5.74) is 3.10. The summed E-state index contributed by atoms with van der Waals surface area (Å²) in [6.45, 7) is 4.50. The molecule has 0 bridgehead atoms. The van der Waals surface area contributed by atoms with E-state index in [0.29, 0.717) is 35.2 Å². The number of furan rings is 1. The molecule has 0 atom stereocenters. The third-order valence-electron chi connectivity index (χ3n) is 4.05. The van der Waals surface area contributed by atoms with Crippen LogP contribution in [0.5, 0.6) is 11.8 Å². The monoisotopic (exact) mass is 364 g/mol. The number of hydrogen-bond donors (Lipinski definition) is 0. The number of fused-ring (bicyclic) bond motifs is 1. The Balaban J connectivity index is 1.78. The minimum Gasteiger partial charge on any atom is -0.497 e. The van der Waals surface area contributed by atoms with Crippen molar-refractivity contribution in [2.45, 2.75) is 26.5 Å². The smallest absolute Gasteiger partial charge is 0.319 e. The van der Waals surface area contributed by atoms with Crippen LogP contribution in [0, 0.1) is 0 Å². The van der Waals surface area contributed by atoms with Crippen molar-refractivity contribution in [3.8, 4) is 23.2 Å². The lowest BCUT2D eigenvalue weighted by molar-refractivity contribution is 0.223. The zero-order valence-corrected chi connectivity index (χ0v) is 15.4. The van der Waals surface area contributed by atoms with Crippen LogP contribution >= 0.6 is 0 Å². The van der Waals surface area contributed by atoms with Crippen LogP contribution in [0.1, 0.15) is 19.4 Å². The fourth-order valence-corrected chi connectivity index (χ4v) is 2.82. The molecule has 7 nitrogen and oxygen atoms in total. The van der Waals surface area contributed by atoms with E-state index < -0.39 is 0 Å². The van der Waals surface area contributed by atoms with Gasteiger partial charge in [-0.2, -0.15) is 9.97 Å². The molecule has 0 unspecified atom stereocenters. The molecule has 0 aliphatic heterocycles. The molecule has 0 spiro atoms. The van der Waals surface area contributed by atoms with Crippen molar-refractivity contribution in [3.63, 3.8) is 0 Å². The van der Waals surface area contributed by atoms with Crippen LogP contribution in [0.15, 0.2) is 53.4 Å². The summed E-state index contributed by atoms with van der Waals surface area (Å²) in [5, 5.41) is 0. The molecule has 0 fully saturated rings. The molecule has 138 valence electrons. The molecular formula is C20H20N4O3. The average molecular weight is 364 g/mol. The summed E-state index contributed by atoms with van der Waals surface area (Å²) in [6, 6.07) is 11.9. The molecule has 0 saturated carbocycles. The van der Waals surface area contributed by atoms with Gasteiger partial charge in [-0.25, -0.2) is 4.98 Å². The van der Waals surface area contributed by atoms with Gasteiger partial charge in [0.1, 0.15) is 17.0 Å². The molecule has 0 amide bonds. The van der Waals surface area contributed by atoms with Crippen LogP contribution in [0.4, 0.5) is 0 Å². The number of benzene rings is 1. The highest BCUT2D eigenvalue weighted by molar-refractivity contribution is 5.86. The molecule has 7 heteroatoms. The summed E-state index contributed by atoms with van der Waals surface area (Å²) in [6.07, 6.45) is 3.33. The number of rotatable bonds is 6. The first-order chi connectivity index (χ1) is 13.1. The number of nitrogens with zero attached hydrogens (tertiary/aromatic N) is 4. The van der Waals surface area contributed by atoms with Gasteiger partial charge in [-0.15, -0.1) is 0 Å². The summed E-state index contributed by atoms with van der Waals surface area (Å²) in [4.78, 5) is 13.6. The SMILES string of the molecule is COc1ccc(Cn2cnc3c(-c4ccco4)nc(OC(C)C)nc32)cc1. The largest absolute Gasteiger partial charge is 0.497 e. The third kappa shape index (κ3) is 3.48. The minimum atomic E-state index is -0.0372. The highest BCUT2D eigenvalue weighted by Crippen LogP contribution is 2.28. The number of aromatic nitrogens is 4. The van der Waals surface area contributed by atoms with E-state index in [-0.39, 0.29) is 6.10 Å². The zero-order chi connectivity index (χ0) is 18.8. The molecular weight excluding hydrogens is 344 g/mol. The lowest BCUT2D eigenvalue weighted by atomic mass is 10.2. The van der Waals surface area contributed by atoms with Crippen molar-refractivity contribution in [1.82, 2.24) is 19.5 Å². The summed E-state index contributed by atoms with van der Waals surface area (Å²) in [7, 11) is 1.65. The van der Waals surface area contributed by atoms with Crippen molar-refractivity contribution in [2.24, 2.45) is 0 Å². The molecule has 27 heavy (non-hydrogen) atoms. The Bertz CT molecular complexity index is 1040. The number of methoxy groups -OCH3 is 1. The quantitative estimate of drug-likeness (QED) is 0.516. The molecule has 1 aromatic carbocycles. The second kappa shape index (κ2) is 7.11. The van der Waals surface area contributed by atoms with E-state index in [4.69, 9.17) is 13.9 Å². The van der Waals surface area contributed by atoms with Gasteiger partial charge in [0.25, 0.3) is 0 Å². The number of ether oxygens (including phenoxy) is 2. The van der Waals surface area contributed by atoms with Gasteiger partial charge >= 0.3 is 6.01 Å². The zero-order valence-electron chi connectivity index (χ0n) is 15.4. The van der Waals surface area contributed by atoms with Gasteiger partial charge in [-0.3, -0.25) is 0 Å². The molecule has 0 aliphatic rings. The van der Waals surface area contributed by atoms with Crippen LogP contribution in [0.3, 0.4) is 0 Å². The van der Waals surface area contributed by atoms with E-state index in [9.17, 15) is 0 Å². The first-order valence-electron chi connectivity index (χ1n) is 8.70. The van der Waals surface area contributed by atoms with Gasteiger partial charge in [-0.05, 0) is 43.7 Å². The van der Waals surface area contributed by atoms with E-state index in [1.165, 1.54) is 0 Å². The van der Waals surface area contributed by atoms with Crippen LogP contribution in [-0.4, -0.2) is 32.7 Å². The maximum absolute atomic E-state index is 5.74. The summed E-state index contributed by atoms with van der Waals surface area (Å²) in [5.74, 6) is 1.45. The van der Waals surface area contributed by atoms with Gasteiger partial charge < -0.3 is 18.5 Å². The fraction of sp³-hybridized carbons (Fsp3) is 0.250. The van der Waals surface area contributed by atoms with Crippen molar-refractivity contribution in [2.75, 3.05) is 7.11 Å². The minimum absolute atomic E-state index is 0.0372. The fourth-order valence-electron chi connectivity index (χ4n) is 2.82. The normalized spacial score (nSPS) is 11.3. The van der Waals surface area contributed by atoms with E-state index in [0.717, 1.165) is 11.3 Å². The van der Waals surface area contributed by atoms with Gasteiger partial charge in [0, 0.05) is 0 Å². The maximum atomic E-state index is 5.74. The number of hydrogen-bond acceptors (Lipinski definition) is 6. The van der Waals surface area contributed by atoms with Crippen LogP contribution in [0.2, 0.25) is 0 Å². The highest BCUT2D eigenvalue weighted by Gasteiger charge is 2.18. The third-order valence-corrected chi connectivity index (χ3v) is 4.05. The van der Waals surface area contributed by atoms with Crippen molar-refractivity contribution in [1.29, 1.82) is 0 Å². The maximum Gasteiger partial charge on any atom is 0.319 e. The van der Waals surface area contributed by atoms with Crippen molar-refractivity contribution < 1.29 is 13.9 Å². The Kier molecular flexibility index (Phi) is 4.50. The van der Waals surface area contributed by atoms with Crippen LogP contribution < -0.4 is 9.47 Å². The Hall–Kier alpha value is -3.35. The van der Waals surface area contributed by atoms with E-state index in [1.807, 2.05) is 54.8 Å². The molecule has 0 radical (unpaired) electrons. The second-order valence-electron chi connectivity index (χ2n) is 6.39. The van der Waals surface area contributed by atoms with Crippen LogP contribution in [-0.2, 0) is 6.54 Å². The van der Waals surface area contributed by atoms with Gasteiger partial charge in [-0.1, -0.05) is 12.1 Å². The molecule has 0 N–H and O–H groups in total. The predicted octanol–water partition coefficient (Wildman–Crippen LogP) is 3.93. The van der Waals surface area contributed by atoms with Gasteiger partial charge in [0.2, 0.25) is 0 Å². The highest BCUT2D eigenvalue weighted by atomic mass is 16.5. The molecule has 0 saturated heterocycles.